The molecule has 0 aliphatic heterocycles. The molecule has 0 saturated carbocycles. The zero-order valence-corrected chi connectivity index (χ0v) is 11.5. The maximum absolute atomic E-state index is 11.0. The summed E-state index contributed by atoms with van der Waals surface area (Å²) in [5, 5.41) is 22.7. The van der Waals surface area contributed by atoms with Crippen LogP contribution in [0.25, 0.3) is 0 Å². The zero-order valence-electron chi connectivity index (χ0n) is 11.5. The van der Waals surface area contributed by atoms with Crippen molar-refractivity contribution in [1.82, 2.24) is 4.98 Å². The second-order valence-corrected chi connectivity index (χ2v) is 4.94. The Morgan fingerprint density at radius 3 is 2.90 bits per heavy atom. The molecular weight excluding hydrogens is 274 g/mol. The number of rotatable bonds is 6. The van der Waals surface area contributed by atoms with E-state index >= 15 is 0 Å². The summed E-state index contributed by atoms with van der Waals surface area (Å²) >= 11 is 0. The molecule has 0 unspecified atom stereocenters. The average molecular weight is 291 g/mol. The van der Waals surface area contributed by atoms with Crippen molar-refractivity contribution in [1.29, 1.82) is 0 Å². The minimum Gasteiger partial charge on any atom is -0.478 e. The number of carboxylic acid groups (broad SMARTS) is 1. The molecule has 0 saturated heterocycles. The summed E-state index contributed by atoms with van der Waals surface area (Å²) in [7, 11) is 0. The molecule has 0 radical (unpaired) electrons. The van der Waals surface area contributed by atoms with Crippen LogP contribution in [0, 0.1) is 10.1 Å². The molecule has 1 aromatic heterocycles. The number of nitrogens with one attached hydrogen (secondary N) is 1. The monoisotopic (exact) mass is 291 g/mol. The van der Waals surface area contributed by atoms with Gasteiger partial charge in [0.05, 0.1) is 10.5 Å². The van der Waals surface area contributed by atoms with E-state index in [0.717, 1.165) is 31.5 Å². The van der Waals surface area contributed by atoms with Gasteiger partial charge in [0, 0.05) is 18.8 Å². The van der Waals surface area contributed by atoms with Crippen molar-refractivity contribution in [2.24, 2.45) is 0 Å². The van der Waals surface area contributed by atoms with Crippen molar-refractivity contribution < 1.29 is 14.8 Å². The lowest BCUT2D eigenvalue weighted by Crippen LogP contribution is -2.09. The van der Waals surface area contributed by atoms with Gasteiger partial charge >= 0.3 is 11.7 Å². The van der Waals surface area contributed by atoms with E-state index in [2.05, 4.69) is 16.4 Å². The number of nitro groups is 1. The highest BCUT2D eigenvalue weighted by molar-refractivity contribution is 5.88. The fraction of sp³-hybridized carbons (Fsp3) is 0.429. The molecule has 1 aromatic rings. The van der Waals surface area contributed by atoms with Gasteiger partial charge in [-0.2, -0.15) is 0 Å². The Morgan fingerprint density at radius 2 is 2.29 bits per heavy atom. The quantitative estimate of drug-likeness (QED) is 0.474. The molecule has 2 rings (SSSR count). The molecule has 1 aliphatic carbocycles. The minimum atomic E-state index is -1.23. The molecule has 7 heteroatoms. The van der Waals surface area contributed by atoms with Crippen molar-refractivity contribution >= 4 is 17.5 Å². The molecule has 21 heavy (non-hydrogen) atoms. The molecule has 112 valence electrons. The minimum absolute atomic E-state index is 0.112. The topological polar surface area (TPSA) is 105 Å². The van der Waals surface area contributed by atoms with Gasteiger partial charge in [0.1, 0.15) is 0 Å². The van der Waals surface area contributed by atoms with E-state index in [1.54, 1.807) is 0 Å². The highest BCUT2D eigenvalue weighted by Gasteiger charge is 2.18. The standard InChI is InChI=1S/C14H17N3O4/c18-14(19)11-8-12(17(20)21)13(16-9-11)15-7-6-10-4-2-1-3-5-10/h4,8-9H,1-3,5-7H2,(H,15,16)(H,18,19). The van der Waals surface area contributed by atoms with Gasteiger partial charge in [-0.1, -0.05) is 11.6 Å². The van der Waals surface area contributed by atoms with Gasteiger partial charge in [-0.05, 0) is 32.1 Å². The van der Waals surface area contributed by atoms with Gasteiger partial charge in [-0.25, -0.2) is 9.78 Å². The molecule has 1 heterocycles. The fourth-order valence-electron chi connectivity index (χ4n) is 2.32. The average Bonchev–Trinajstić information content (AvgIpc) is 2.48. The lowest BCUT2D eigenvalue weighted by atomic mass is 9.97. The van der Waals surface area contributed by atoms with Crippen molar-refractivity contribution in [2.75, 3.05) is 11.9 Å². The normalized spacial score (nSPS) is 14.4. The number of carbonyl (C=O) groups is 1. The number of anilines is 1. The first kappa shape index (κ1) is 15.0. The first-order chi connectivity index (χ1) is 10.1. The second kappa shape index (κ2) is 6.83. The molecule has 0 aromatic carbocycles. The lowest BCUT2D eigenvalue weighted by molar-refractivity contribution is -0.384. The number of aromatic carboxylic acids is 1. The molecule has 0 spiro atoms. The van der Waals surface area contributed by atoms with Crippen LogP contribution in [0.2, 0.25) is 0 Å². The van der Waals surface area contributed by atoms with Gasteiger partial charge in [-0.15, -0.1) is 0 Å². The highest BCUT2D eigenvalue weighted by Crippen LogP contribution is 2.24. The van der Waals surface area contributed by atoms with E-state index in [1.165, 1.54) is 18.4 Å². The van der Waals surface area contributed by atoms with E-state index in [9.17, 15) is 14.9 Å². The first-order valence-corrected chi connectivity index (χ1v) is 6.87. The highest BCUT2D eigenvalue weighted by atomic mass is 16.6. The largest absolute Gasteiger partial charge is 0.478 e. The molecule has 0 bridgehead atoms. The number of nitrogens with zero attached hydrogens (tertiary/aromatic N) is 2. The number of hydrogen-bond donors (Lipinski definition) is 2. The Bertz CT molecular complexity index is 584. The van der Waals surface area contributed by atoms with Crippen LogP contribution in [0.1, 0.15) is 42.5 Å². The van der Waals surface area contributed by atoms with Crippen LogP contribution in [0.4, 0.5) is 11.5 Å². The summed E-state index contributed by atoms with van der Waals surface area (Å²) in [5.41, 5.74) is 0.855. The molecule has 7 nitrogen and oxygen atoms in total. The maximum atomic E-state index is 11.0. The van der Waals surface area contributed by atoms with E-state index in [-0.39, 0.29) is 17.1 Å². The Kier molecular flexibility index (Phi) is 4.86. The third kappa shape index (κ3) is 4.01. The predicted octanol–water partition coefficient (Wildman–Crippen LogP) is 2.99. The summed E-state index contributed by atoms with van der Waals surface area (Å²) in [6, 6.07) is 1.03. The third-order valence-electron chi connectivity index (χ3n) is 3.43. The van der Waals surface area contributed by atoms with Crippen LogP contribution in [-0.2, 0) is 0 Å². The Hall–Kier alpha value is -2.44. The van der Waals surface area contributed by atoms with Crippen molar-refractivity contribution in [3.8, 4) is 0 Å². The van der Waals surface area contributed by atoms with Gasteiger partial charge < -0.3 is 10.4 Å². The predicted molar refractivity (Wildman–Crippen MR) is 77.5 cm³/mol. The van der Waals surface area contributed by atoms with Crippen LogP contribution in [-0.4, -0.2) is 27.5 Å². The van der Waals surface area contributed by atoms with Gasteiger partial charge in [0.15, 0.2) is 0 Å². The molecular formula is C14H17N3O4. The fourth-order valence-corrected chi connectivity index (χ4v) is 2.32. The van der Waals surface area contributed by atoms with Crippen molar-refractivity contribution in [3.05, 3.63) is 39.6 Å². The summed E-state index contributed by atoms with van der Waals surface area (Å²) in [4.78, 5) is 25.0. The third-order valence-corrected chi connectivity index (χ3v) is 3.43. The van der Waals surface area contributed by atoms with Crippen LogP contribution in [0.3, 0.4) is 0 Å². The number of allylic oxidation sites excluding steroid dienone is 1. The Labute approximate surface area is 121 Å². The van der Waals surface area contributed by atoms with E-state index in [1.807, 2.05) is 0 Å². The smallest absolute Gasteiger partial charge is 0.337 e. The van der Waals surface area contributed by atoms with Crippen LogP contribution in [0.5, 0.6) is 0 Å². The maximum Gasteiger partial charge on any atom is 0.337 e. The summed E-state index contributed by atoms with van der Waals surface area (Å²) in [6.07, 6.45) is 8.76. The molecule has 2 N–H and O–H groups in total. The van der Waals surface area contributed by atoms with Crippen LogP contribution < -0.4 is 5.32 Å². The SMILES string of the molecule is O=C(O)c1cnc(NCCC2=CCCCC2)c([N+](=O)[O-])c1. The number of aromatic nitrogens is 1. The van der Waals surface area contributed by atoms with E-state index < -0.39 is 10.9 Å². The second-order valence-electron chi connectivity index (χ2n) is 4.94. The summed E-state index contributed by atoms with van der Waals surface area (Å²) in [6.45, 7) is 0.548. The van der Waals surface area contributed by atoms with Crippen LogP contribution >= 0.6 is 0 Å². The molecule has 0 atom stereocenters. The van der Waals surface area contributed by atoms with E-state index in [0.29, 0.717) is 6.54 Å². The zero-order chi connectivity index (χ0) is 15.2. The van der Waals surface area contributed by atoms with Gasteiger partial charge in [-0.3, -0.25) is 10.1 Å². The number of pyridine rings is 1. The number of hydrogen-bond acceptors (Lipinski definition) is 5. The summed E-state index contributed by atoms with van der Waals surface area (Å²) in [5.74, 6) is -1.12. The summed E-state index contributed by atoms with van der Waals surface area (Å²) < 4.78 is 0. The van der Waals surface area contributed by atoms with E-state index in [4.69, 9.17) is 5.11 Å². The first-order valence-electron chi connectivity index (χ1n) is 6.87. The van der Waals surface area contributed by atoms with Crippen molar-refractivity contribution in [2.45, 2.75) is 32.1 Å². The Morgan fingerprint density at radius 1 is 1.48 bits per heavy atom. The van der Waals surface area contributed by atoms with Crippen molar-refractivity contribution in [3.63, 3.8) is 0 Å². The molecule has 1 aliphatic rings. The van der Waals surface area contributed by atoms with Gasteiger partial charge in [0.2, 0.25) is 5.82 Å². The lowest BCUT2D eigenvalue weighted by Gasteiger charge is -2.13. The van der Waals surface area contributed by atoms with Gasteiger partial charge in [0.25, 0.3) is 0 Å². The Balaban J connectivity index is 2.03. The molecule has 0 amide bonds. The molecule has 0 fully saturated rings. The van der Waals surface area contributed by atoms with Crippen LogP contribution in [0.15, 0.2) is 23.9 Å². The number of carboxylic acids is 1.